The summed E-state index contributed by atoms with van der Waals surface area (Å²) in [5, 5.41) is 0. The summed E-state index contributed by atoms with van der Waals surface area (Å²) in [6.07, 6.45) is 3.37. The van der Waals surface area contributed by atoms with Gasteiger partial charge in [-0.25, -0.2) is 0 Å². The van der Waals surface area contributed by atoms with Gasteiger partial charge in [0.25, 0.3) is 0 Å². The Morgan fingerprint density at radius 2 is 2.06 bits per heavy atom. The van der Waals surface area contributed by atoms with E-state index in [0.29, 0.717) is 6.42 Å². The molecule has 2 aliphatic rings. The van der Waals surface area contributed by atoms with Gasteiger partial charge in [0.2, 0.25) is 5.91 Å². The van der Waals surface area contributed by atoms with E-state index in [4.69, 9.17) is 0 Å². The fourth-order valence-corrected chi connectivity index (χ4v) is 2.39. The van der Waals surface area contributed by atoms with Gasteiger partial charge in [0.1, 0.15) is 0 Å². The Morgan fingerprint density at radius 3 is 2.76 bits per heavy atom. The van der Waals surface area contributed by atoms with E-state index >= 15 is 0 Å². The van der Waals surface area contributed by atoms with Crippen LogP contribution in [-0.2, 0) is 11.2 Å². The Balaban J connectivity index is 1.96. The number of aryl methyl sites for hydroxylation is 1. The van der Waals surface area contributed by atoms with E-state index in [-0.39, 0.29) is 17.6 Å². The zero-order chi connectivity index (χ0) is 12.0. The van der Waals surface area contributed by atoms with E-state index in [1.807, 2.05) is 18.2 Å². The minimum Gasteiger partial charge on any atom is -0.315 e. The average Bonchev–Trinajstić information content (AvgIpc) is 3.17. The molecule has 0 unspecified atom stereocenters. The number of hydrogen-bond acceptors (Lipinski definition) is 2. The highest BCUT2D eigenvalue weighted by molar-refractivity contribution is 6.01. The maximum Gasteiger partial charge on any atom is 0.227 e. The normalized spacial score (nSPS) is 19.1. The molecule has 1 heterocycles. The second-order valence-corrected chi connectivity index (χ2v) is 4.93. The van der Waals surface area contributed by atoms with Crippen LogP contribution >= 0.6 is 0 Å². The van der Waals surface area contributed by atoms with Crippen molar-refractivity contribution in [2.24, 2.45) is 5.92 Å². The second-order valence-electron chi connectivity index (χ2n) is 4.93. The number of anilines is 1. The topological polar surface area (TPSA) is 37.4 Å². The summed E-state index contributed by atoms with van der Waals surface area (Å²) in [4.78, 5) is 25.2. The zero-order valence-electron chi connectivity index (χ0n) is 9.90. The lowest BCUT2D eigenvalue weighted by atomic mass is 9.96. The Morgan fingerprint density at radius 1 is 1.29 bits per heavy atom. The molecule has 3 heteroatoms. The van der Waals surface area contributed by atoms with Crippen LogP contribution in [0.2, 0.25) is 0 Å². The first-order chi connectivity index (χ1) is 8.16. The number of rotatable bonds is 2. The van der Waals surface area contributed by atoms with Crippen molar-refractivity contribution in [2.45, 2.75) is 25.7 Å². The number of Topliss-reactive ketones (excluding diaryl/α,β-unsaturated/α-hetero) is 1. The first kappa shape index (κ1) is 10.5. The smallest absolute Gasteiger partial charge is 0.227 e. The van der Waals surface area contributed by atoms with Crippen LogP contribution in [0.5, 0.6) is 0 Å². The molecular weight excluding hydrogens is 214 g/mol. The van der Waals surface area contributed by atoms with Crippen LogP contribution in [0.25, 0.3) is 0 Å². The molecule has 1 fully saturated rings. The third kappa shape index (κ3) is 1.75. The molecule has 0 atom stereocenters. The van der Waals surface area contributed by atoms with Crippen molar-refractivity contribution in [3.63, 3.8) is 0 Å². The molecule has 1 saturated carbocycles. The number of carbonyl (C=O) groups is 2. The van der Waals surface area contributed by atoms with E-state index in [2.05, 4.69) is 0 Å². The van der Waals surface area contributed by atoms with Gasteiger partial charge < -0.3 is 4.90 Å². The highest BCUT2D eigenvalue weighted by Gasteiger charge is 2.31. The van der Waals surface area contributed by atoms with Gasteiger partial charge in [-0.2, -0.15) is 0 Å². The first-order valence-electron chi connectivity index (χ1n) is 6.10. The van der Waals surface area contributed by atoms with Gasteiger partial charge in [-0.15, -0.1) is 0 Å². The van der Waals surface area contributed by atoms with Crippen molar-refractivity contribution < 1.29 is 9.59 Å². The third-order valence-corrected chi connectivity index (χ3v) is 3.66. The predicted octanol–water partition coefficient (Wildman–Crippen LogP) is 2.19. The maximum absolute atomic E-state index is 12.0. The van der Waals surface area contributed by atoms with Crippen LogP contribution in [0, 0.1) is 5.92 Å². The predicted molar refractivity (Wildman–Crippen MR) is 65.2 cm³/mol. The van der Waals surface area contributed by atoms with Gasteiger partial charge >= 0.3 is 0 Å². The molecule has 0 spiro atoms. The highest BCUT2D eigenvalue weighted by Crippen LogP contribution is 2.34. The van der Waals surface area contributed by atoms with Gasteiger partial charge in [0.05, 0.1) is 0 Å². The Labute approximate surface area is 100 Å². The van der Waals surface area contributed by atoms with E-state index in [1.54, 1.807) is 11.9 Å². The van der Waals surface area contributed by atoms with E-state index in [1.165, 1.54) is 0 Å². The molecule has 0 aromatic heterocycles. The number of nitrogens with zero attached hydrogens (tertiary/aromatic N) is 1. The van der Waals surface area contributed by atoms with Crippen molar-refractivity contribution in [3.05, 3.63) is 29.3 Å². The molecule has 1 aliphatic carbocycles. The van der Waals surface area contributed by atoms with Gasteiger partial charge in [0, 0.05) is 30.6 Å². The molecule has 88 valence electrons. The molecule has 3 nitrogen and oxygen atoms in total. The molecule has 0 N–H and O–H groups in total. The van der Waals surface area contributed by atoms with Gasteiger partial charge in [0.15, 0.2) is 5.78 Å². The summed E-state index contributed by atoms with van der Waals surface area (Å²) in [6, 6.07) is 5.73. The number of amides is 1. The van der Waals surface area contributed by atoms with Crippen molar-refractivity contribution >= 4 is 17.4 Å². The van der Waals surface area contributed by atoms with E-state index in [9.17, 15) is 9.59 Å². The SMILES string of the molecule is CN1C(=O)CCc2cc(C(=O)C3CC3)ccc21. The lowest BCUT2D eigenvalue weighted by Gasteiger charge is -2.26. The number of carbonyl (C=O) groups excluding carboxylic acids is 2. The van der Waals surface area contributed by atoms with Crippen molar-refractivity contribution in [3.8, 4) is 0 Å². The molecule has 0 radical (unpaired) electrons. The molecule has 17 heavy (non-hydrogen) atoms. The summed E-state index contributed by atoms with van der Waals surface area (Å²) < 4.78 is 0. The standard InChI is InChI=1S/C14H15NO2/c1-15-12-6-4-11(14(17)9-2-3-9)8-10(12)5-7-13(15)16/h4,6,8-9H,2-3,5,7H2,1H3. The van der Waals surface area contributed by atoms with Gasteiger partial charge in [-0.3, -0.25) is 9.59 Å². The average molecular weight is 229 g/mol. The number of benzene rings is 1. The van der Waals surface area contributed by atoms with Crippen molar-refractivity contribution in [1.82, 2.24) is 0 Å². The molecular formula is C14H15NO2. The zero-order valence-corrected chi connectivity index (χ0v) is 9.90. The quantitative estimate of drug-likeness (QED) is 0.729. The summed E-state index contributed by atoms with van der Waals surface area (Å²) in [7, 11) is 1.79. The van der Waals surface area contributed by atoms with E-state index < -0.39 is 0 Å². The molecule has 1 aromatic rings. The Kier molecular flexibility index (Phi) is 2.28. The molecule has 1 amide bonds. The summed E-state index contributed by atoms with van der Waals surface area (Å²) in [5.74, 6) is 0.683. The Bertz CT molecular complexity index is 503. The van der Waals surface area contributed by atoms with Crippen LogP contribution in [0.3, 0.4) is 0 Å². The Hall–Kier alpha value is -1.64. The highest BCUT2D eigenvalue weighted by atomic mass is 16.2. The largest absolute Gasteiger partial charge is 0.315 e. The summed E-state index contributed by atoms with van der Waals surface area (Å²) >= 11 is 0. The van der Waals surface area contributed by atoms with Crippen LogP contribution in [0.15, 0.2) is 18.2 Å². The molecule has 3 rings (SSSR count). The van der Waals surface area contributed by atoms with Crippen molar-refractivity contribution in [2.75, 3.05) is 11.9 Å². The molecule has 0 bridgehead atoms. The lowest BCUT2D eigenvalue weighted by molar-refractivity contribution is -0.118. The van der Waals surface area contributed by atoms with Crippen molar-refractivity contribution in [1.29, 1.82) is 0 Å². The fraction of sp³-hybridized carbons (Fsp3) is 0.429. The third-order valence-electron chi connectivity index (χ3n) is 3.66. The number of ketones is 1. The number of hydrogen-bond donors (Lipinski definition) is 0. The van der Waals surface area contributed by atoms with Crippen LogP contribution in [0.1, 0.15) is 35.2 Å². The molecule has 0 saturated heterocycles. The maximum atomic E-state index is 12.0. The number of fused-ring (bicyclic) bond motifs is 1. The minimum atomic E-state index is 0.152. The molecule has 1 aliphatic heterocycles. The van der Waals surface area contributed by atoms with Gasteiger partial charge in [-0.05, 0) is 43.0 Å². The first-order valence-corrected chi connectivity index (χ1v) is 6.10. The lowest BCUT2D eigenvalue weighted by Crippen LogP contribution is -2.31. The van der Waals surface area contributed by atoms with Gasteiger partial charge in [-0.1, -0.05) is 0 Å². The van der Waals surface area contributed by atoms with Crippen LogP contribution in [0.4, 0.5) is 5.69 Å². The fourth-order valence-electron chi connectivity index (χ4n) is 2.39. The molecule has 1 aromatic carbocycles. The minimum absolute atomic E-state index is 0.152. The van der Waals surface area contributed by atoms with Crippen LogP contribution < -0.4 is 4.90 Å². The monoisotopic (exact) mass is 229 g/mol. The summed E-state index contributed by atoms with van der Waals surface area (Å²) in [6.45, 7) is 0. The second kappa shape index (κ2) is 3.69. The van der Waals surface area contributed by atoms with Crippen LogP contribution in [-0.4, -0.2) is 18.7 Å². The summed E-state index contributed by atoms with van der Waals surface area (Å²) in [5.41, 5.74) is 2.89. The van der Waals surface area contributed by atoms with E-state index in [0.717, 1.165) is 36.1 Å².